The van der Waals surface area contributed by atoms with E-state index in [-0.39, 0.29) is 5.41 Å². The molecule has 1 fully saturated rings. The minimum Gasteiger partial charge on any atom is -0.207 e. The van der Waals surface area contributed by atoms with Crippen molar-refractivity contribution in [1.82, 2.24) is 0 Å². The number of hydrogen-bond donors (Lipinski definition) is 0. The Morgan fingerprint density at radius 3 is 2.29 bits per heavy atom. The second-order valence-electron chi connectivity index (χ2n) is 7.69. The van der Waals surface area contributed by atoms with Gasteiger partial charge in [-0.3, -0.25) is 0 Å². The topological polar surface area (TPSA) is 0 Å². The van der Waals surface area contributed by atoms with Crippen LogP contribution in [0.3, 0.4) is 0 Å². The summed E-state index contributed by atoms with van der Waals surface area (Å²) >= 11 is 6.24. The van der Waals surface area contributed by atoms with E-state index in [4.69, 9.17) is 11.6 Å². The van der Waals surface area contributed by atoms with Crippen molar-refractivity contribution < 1.29 is 8.78 Å². The Kier molecular flexibility index (Phi) is 4.97. The third-order valence-corrected chi connectivity index (χ3v) is 5.70. The van der Waals surface area contributed by atoms with Crippen LogP contribution in [0.5, 0.6) is 0 Å². The molecule has 1 aromatic carbocycles. The van der Waals surface area contributed by atoms with Crippen LogP contribution in [-0.4, -0.2) is 5.88 Å². The molecule has 21 heavy (non-hydrogen) atoms. The molecule has 0 amide bonds. The summed E-state index contributed by atoms with van der Waals surface area (Å²) < 4.78 is 26.9. The molecule has 1 aliphatic rings. The molecule has 118 valence electrons. The van der Waals surface area contributed by atoms with Gasteiger partial charge < -0.3 is 0 Å². The van der Waals surface area contributed by atoms with Crippen LogP contribution >= 0.6 is 11.6 Å². The molecule has 1 aromatic rings. The molecule has 0 unspecified atom stereocenters. The third kappa shape index (κ3) is 3.97. The normalized spacial score (nSPS) is 26.9. The Labute approximate surface area is 131 Å². The average Bonchev–Trinajstić information content (AvgIpc) is 2.41. The van der Waals surface area contributed by atoms with Gasteiger partial charge in [-0.2, -0.15) is 0 Å². The highest BCUT2D eigenvalue weighted by atomic mass is 35.5. The number of alkyl halides is 1. The summed E-state index contributed by atoms with van der Waals surface area (Å²) in [6.07, 6.45) is 4.93. The van der Waals surface area contributed by atoms with E-state index in [9.17, 15) is 8.78 Å². The molecule has 0 bridgehead atoms. The highest BCUT2D eigenvalue weighted by Gasteiger charge is 2.38. The van der Waals surface area contributed by atoms with Crippen LogP contribution in [0.1, 0.15) is 52.0 Å². The SMILES string of the molecule is CC(C)(C)C1CCC(CCl)(Cc2ccc(F)cc2F)CC1. The third-order valence-electron chi connectivity index (χ3n) is 5.14. The maximum absolute atomic E-state index is 13.9. The van der Waals surface area contributed by atoms with Crippen molar-refractivity contribution in [2.75, 3.05) is 5.88 Å². The quantitative estimate of drug-likeness (QED) is 0.603. The number of hydrogen-bond acceptors (Lipinski definition) is 0. The van der Waals surface area contributed by atoms with E-state index in [1.165, 1.54) is 6.07 Å². The summed E-state index contributed by atoms with van der Waals surface area (Å²) in [7, 11) is 0. The van der Waals surface area contributed by atoms with Crippen molar-refractivity contribution in [2.24, 2.45) is 16.7 Å². The van der Waals surface area contributed by atoms with Crippen molar-refractivity contribution in [2.45, 2.75) is 52.9 Å². The molecule has 0 atom stereocenters. The first-order valence-corrected chi connectivity index (χ1v) is 8.29. The van der Waals surface area contributed by atoms with E-state index in [1.807, 2.05) is 0 Å². The fraction of sp³-hybridized carbons (Fsp3) is 0.667. The molecule has 0 radical (unpaired) electrons. The predicted octanol–water partition coefficient (Wildman–Crippen LogP) is 5.97. The predicted molar refractivity (Wildman–Crippen MR) is 84.6 cm³/mol. The van der Waals surface area contributed by atoms with Crippen molar-refractivity contribution in [3.05, 3.63) is 35.4 Å². The van der Waals surface area contributed by atoms with Gasteiger partial charge in [0.2, 0.25) is 0 Å². The van der Waals surface area contributed by atoms with Gasteiger partial charge in [-0.05, 0) is 60.5 Å². The van der Waals surface area contributed by atoms with Crippen LogP contribution in [0.2, 0.25) is 0 Å². The van der Waals surface area contributed by atoms with Crippen LogP contribution in [-0.2, 0) is 6.42 Å². The van der Waals surface area contributed by atoms with Crippen LogP contribution in [0.25, 0.3) is 0 Å². The van der Waals surface area contributed by atoms with Gasteiger partial charge in [-0.1, -0.05) is 26.8 Å². The molecular formula is C18H25ClF2. The van der Waals surface area contributed by atoms with Gasteiger partial charge in [0.15, 0.2) is 0 Å². The maximum atomic E-state index is 13.9. The first-order chi connectivity index (χ1) is 9.76. The van der Waals surface area contributed by atoms with Gasteiger partial charge in [0.1, 0.15) is 11.6 Å². The van der Waals surface area contributed by atoms with Crippen molar-refractivity contribution in [1.29, 1.82) is 0 Å². The first-order valence-electron chi connectivity index (χ1n) is 7.76. The van der Waals surface area contributed by atoms with E-state index in [2.05, 4.69) is 20.8 Å². The summed E-state index contributed by atoms with van der Waals surface area (Å²) in [5, 5.41) is 0. The maximum Gasteiger partial charge on any atom is 0.129 e. The molecule has 1 aliphatic carbocycles. The average molecular weight is 315 g/mol. The second-order valence-corrected chi connectivity index (χ2v) is 7.95. The molecule has 0 spiro atoms. The summed E-state index contributed by atoms with van der Waals surface area (Å²) in [6, 6.07) is 3.87. The Bertz CT molecular complexity index is 482. The lowest BCUT2D eigenvalue weighted by molar-refractivity contribution is 0.101. The van der Waals surface area contributed by atoms with E-state index in [0.717, 1.165) is 31.7 Å². The van der Waals surface area contributed by atoms with Crippen LogP contribution in [0.4, 0.5) is 8.78 Å². The number of rotatable bonds is 3. The molecule has 0 N–H and O–H groups in total. The lowest BCUT2D eigenvalue weighted by atomic mass is 9.63. The molecule has 1 saturated carbocycles. The smallest absolute Gasteiger partial charge is 0.129 e. The highest BCUT2D eigenvalue weighted by Crippen LogP contribution is 2.47. The van der Waals surface area contributed by atoms with E-state index >= 15 is 0 Å². The Balaban J connectivity index is 2.10. The molecular weight excluding hydrogens is 290 g/mol. The largest absolute Gasteiger partial charge is 0.207 e. The zero-order valence-electron chi connectivity index (χ0n) is 13.2. The summed E-state index contributed by atoms with van der Waals surface area (Å²) in [4.78, 5) is 0. The van der Waals surface area contributed by atoms with Crippen LogP contribution < -0.4 is 0 Å². The first kappa shape index (κ1) is 16.7. The standard InChI is InChI=1S/C18H25ClF2/c1-17(2,3)14-6-8-18(12-19,9-7-14)11-13-4-5-15(20)10-16(13)21/h4-5,10,14H,6-9,11-12H2,1-3H3. The Morgan fingerprint density at radius 2 is 1.81 bits per heavy atom. The van der Waals surface area contributed by atoms with Crippen molar-refractivity contribution in [3.63, 3.8) is 0 Å². The zero-order chi connectivity index (χ0) is 15.7. The number of halogens is 3. The Hall–Kier alpha value is -0.630. The molecule has 0 saturated heterocycles. The lowest BCUT2D eigenvalue weighted by Gasteiger charge is -2.43. The zero-order valence-corrected chi connectivity index (χ0v) is 13.9. The lowest BCUT2D eigenvalue weighted by Crippen LogP contribution is -2.35. The monoisotopic (exact) mass is 314 g/mol. The minimum atomic E-state index is -0.521. The minimum absolute atomic E-state index is 0.0397. The highest BCUT2D eigenvalue weighted by molar-refractivity contribution is 6.18. The molecule has 3 heteroatoms. The summed E-state index contributed by atoms with van der Waals surface area (Å²) in [6.45, 7) is 6.85. The second kappa shape index (κ2) is 6.24. The van der Waals surface area contributed by atoms with Crippen molar-refractivity contribution >= 4 is 11.6 Å². The van der Waals surface area contributed by atoms with E-state index < -0.39 is 11.6 Å². The van der Waals surface area contributed by atoms with Gasteiger partial charge in [-0.25, -0.2) is 8.78 Å². The van der Waals surface area contributed by atoms with Crippen molar-refractivity contribution in [3.8, 4) is 0 Å². The molecule has 0 heterocycles. The fourth-order valence-electron chi connectivity index (χ4n) is 3.52. The van der Waals surface area contributed by atoms with Gasteiger partial charge in [0, 0.05) is 11.9 Å². The summed E-state index contributed by atoms with van der Waals surface area (Å²) in [5.41, 5.74) is 0.868. The van der Waals surface area contributed by atoms with E-state index in [1.54, 1.807) is 6.07 Å². The number of benzene rings is 1. The molecule has 0 aliphatic heterocycles. The van der Waals surface area contributed by atoms with Crippen LogP contribution in [0.15, 0.2) is 18.2 Å². The van der Waals surface area contributed by atoms with Gasteiger partial charge in [-0.15, -0.1) is 11.6 Å². The van der Waals surface area contributed by atoms with E-state index in [0.29, 0.717) is 29.2 Å². The summed E-state index contributed by atoms with van der Waals surface area (Å²) in [5.74, 6) is 0.276. The van der Waals surface area contributed by atoms with Crippen LogP contribution in [0, 0.1) is 28.4 Å². The Morgan fingerprint density at radius 1 is 1.19 bits per heavy atom. The molecule has 0 nitrogen and oxygen atoms in total. The van der Waals surface area contributed by atoms with Gasteiger partial charge >= 0.3 is 0 Å². The molecule has 0 aromatic heterocycles. The van der Waals surface area contributed by atoms with Gasteiger partial charge in [0.05, 0.1) is 0 Å². The van der Waals surface area contributed by atoms with Gasteiger partial charge in [0.25, 0.3) is 0 Å². The molecule has 2 rings (SSSR count). The fourth-order valence-corrected chi connectivity index (χ4v) is 3.88.